The molecule has 2 aliphatic rings. The van der Waals surface area contributed by atoms with Crippen LogP contribution in [0, 0.1) is 0 Å². The number of rotatable bonds is 8. The molecule has 1 atom stereocenters. The Morgan fingerprint density at radius 1 is 0.970 bits per heavy atom. The molecule has 1 N–H and O–H groups in total. The Labute approximate surface area is 193 Å². The molecule has 8 nitrogen and oxygen atoms in total. The Morgan fingerprint density at radius 2 is 1.67 bits per heavy atom. The van der Waals surface area contributed by atoms with E-state index in [0.29, 0.717) is 50.5 Å². The molecule has 4 rings (SSSR count). The highest BCUT2D eigenvalue weighted by Crippen LogP contribution is 2.22. The van der Waals surface area contributed by atoms with E-state index in [2.05, 4.69) is 0 Å². The number of amides is 3. The van der Waals surface area contributed by atoms with Crippen LogP contribution in [0.2, 0.25) is 0 Å². The fourth-order valence-electron chi connectivity index (χ4n) is 4.27. The van der Waals surface area contributed by atoms with Crippen LogP contribution in [0.25, 0.3) is 0 Å². The summed E-state index contributed by atoms with van der Waals surface area (Å²) >= 11 is 0. The molecule has 0 aliphatic carbocycles. The number of ether oxygens (including phenoxy) is 1. The number of nitrogens with zero attached hydrogens (tertiary/aromatic N) is 3. The largest absolute Gasteiger partial charge is 0.489 e. The summed E-state index contributed by atoms with van der Waals surface area (Å²) in [7, 11) is 0. The van der Waals surface area contributed by atoms with Gasteiger partial charge in [-0.3, -0.25) is 24.2 Å². The molecule has 0 saturated carbocycles. The van der Waals surface area contributed by atoms with E-state index in [1.165, 1.54) is 4.90 Å². The predicted octanol–water partition coefficient (Wildman–Crippen LogP) is 1.53. The second-order valence-corrected chi connectivity index (χ2v) is 8.31. The molecular weight excluding hydrogens is 422 g/mol. The van der Waals surface area contributed by atoms with E-state index in [9.17, 15) is 14.4 Å². The molecule has 1 unspecified atom stereocenters. The third-order valence-electron chi connectivity index (χ3n) is 6.15. The topological polar surface area (TPSA) is 90.4 Å². The molecule has 8 heteroatoms. The summed E-state index contributed by atoms with van der Waals surface area (Å²) < 4.78 is 5.79. The van der Waals surface area contributed by atoms with Gasteiger partial charge in [-0.05, 0) is 36.2 Å². The van der Waals surface area contributed by atoms with E-state index in [0.717, 1.165) is 5.56 Å². The third kappa shape index (κ3) is 5.40. The van der Waals surface area contributed by atoms with Crippen molar-refractivity contribution in [2.45, 2.75) is 25.5 Å². The minimum atomic E-state index is -0.463. The first kappa shape index (κ1) is 22.9. The lowest BCUT2D eigenvalue weighted by molar-refractivity contribution is -0.140. The van der Waals surface area contributed by atoms with Gasteiger partial charge in [0.25, 0.3) is 5.91 Å². The summed E-state index contributed by atoms with van der Waals surface area (Å²) in [4.78, 5) is 42.7. The molecule has 0 aromatic heterocycles. The number of hydrogen-bond acceptors (Lipinski definition) is 6. The lowest BCUT2D eigenvalue weighted by Gasteiger charge is -2.37. The third-order valence-corrected chi connectivity index (χ3v) is 6.15. The lowest BCUT2D eigenvalue weighted by Crippen LogP contribution is -2.53. The maximum Gasteiger partial charge on any atom is 0.253 e. The first-order valence-electron chi connectivity index (χ1n) is 11.3. The van der Waals surface area contributed by atoms with Crippen molar-refractivity contribution in [2.75, 3.05) is 39.3 Å². The van der Waals surface area contributed by atoms with Crippen LogP contribution >= 0.6 is 0 Å². The zero-order valence-electron chi connectivity index (χ0n) is 18.6. The van der Waals surface area contributed by atoms with Crippen molar-refractivity contribution < 1.29 is 24.2 Å². The van der Waals surface area contributed by atoms with Gasteiger partial charge >= 0.3 is 0 Å². The van der Waals surface area contributed by atoms with Crippen LogP contribution in [0.4, 0.5) is 0 Å². The van der Waals surface area contributed by atoms with Crippen molar-refractivity contribution in [1.29, 1.82) is 0 Å². The van der Waals surface area contributed by atoms with E-state index in [1.807, 2.05) is 35.2 Å². The standard InChI is InChI=1S/C25H29N3O5/c29-16-4-11-28-23(30)17-22(25(28)32)26-12-14-27(15-13-26)24(31)20-7-9-21(10-8-20)33-18-19-5-2-1-3-6-19/h1-3,5-10,22,29H,4,11-18H2. The number of carbonyl (C=O) groups excluding carboxylic acids is 3. The minimum Gasteiger partial charge on any atom is -0.489 e. The average Bonchev–Trinajstić information content (AvgIpc) is 3.15. The molecule has 2 fully saturated rings. The molecule has 174 valence electrons. The number of piperazine rings is 1. The minimum absolute atomic E-state index is 0.0529. The Hall–Kier alpha value is -3.23. The zero-order chi connectivity index (χ0) is 23.2. The molecule has 2 aromatic rings. The Bertz CT molecular complexity index is 971. The lowest BCUT2D eigenvalue weighted by atomic mass is 10.1. The number of aliphatic hydroxyl groups is 1. The average molecular weight is 452 g/mol. The molecule has 0 radical (unpaired) electrons. The van der Waals surface area contributed by atoms with Gasteiger partial charge in [-0.25, -0.2) is 0 Å². The SMILES string of the molecule is O=C(c1ccc(OCc2ccccc2)cc1)N1CCN(C2CC(=O)N(CCCO)C2=O)CC1. The second-order valence-electron chi connectivity index (χ2n) is 8.31. The van der Waals surface area contributed by atoms with Gasteiger partial charge in [0.2, 0.25) is 11.8 Å². The van der Waals surface area contributed by atoms with Gasteiger partial charge in [-0.2, -0.15) is 0 Å². The summed E-state index contributed by atoms with van der Waals surface area (Å²) in [5.74, 6) is 0.267. The highest BCUT2D eigenvalue weighted by Gasteiger charge is 2.42. The summed E-state index contributed by atoms with van der Waals surface area (Å²) in [6.07, 6.45) is 0.561. The van der Waals surface area contributed by atoms with Crippen molar-refractivity contribution in [2.24, 2.45) is 0 Å². The molecular formula is C25H29N3O5. The van der Waals surface area contributed by atoms with Crippen LogP contribution in [0.3, 0.4) is 0 Å². The van der Waals surface area contributed by atoms with E-state index in [4.69, 9.17) is 9.84 Å². The molecule has 33 heavy (non-hydrogen) atoms. The molecule has 0 spiro atoms. The Kier molecular flexibility index (Phi) is 7.36. The van der Waals surface area contributed by atoms with Crippen LogP contribution in [0.15, 0.2) is 54.6 Å². The first-order valence-corrected chi connectivity index (χ1v) is 11.3. The normalized spacial score (nSPS) is 19.2. The number of hydrogen-bond donors (Lipinski definition) is 1. The van der Waals surface area contributed by atoms with Gasteiger partial charge in [0.1, 0.15) is 12.4 Å². The van der Waals surface area contributed by atoms with Gasteiger partial charge in [-0.1, -0.05) is 30.3 Å². The highest BCUT2D eigenvalue weighted by molar-refractivity contribution is 6.05. The molecule has 2 heterocycles. The Balaban J connectivity index is 1.28. The van der Waals surface area contributed by atoms with E-state index in [1.54, 1.807) is 29.2 Å². The first-order chi connectivity index (χ1) is 16.1. The van der Waals surface area contributed by atoms with Gasteiger partial charge in [0, 0.05) is 44.9 Å². The smallest absolute Gasteiger partial charge is 0.253 e. The number of imide groups is 1. The second kappa shape index (κ2) is 10.6. The van der Waals surface area contributed by atoms with Crippen molar-refractivity contribution in [3.05, 3.63) is 65.7 Å². The molecule has 0 bridgehead atoms. The quantitative estimate of drug-likeness (QED) is 0.613. The van der Waals surface area contributed by atoms with Crippen LogP contribution < -0.4 is 4.74 Å². The van der Waals surface area contributed by atoms with Crippen molar-refractivity contribution in [3.8, 4) is 5.75 Å². The highest BCUT2D eigenvalue weighted by atomic mass is 16.5. The number of carbonyl (C=O) groups is 3. The van der Waals surface area contributed by atoms with Gasteiger partial charge in [0.05, 0.1) is 12.5 Å². The fraction of sp³-hybridized carbons (Fsp3) is 0.400. The molecule has 2 aromatic carbocycles. The molecule has 2 aliphatic heterocycles. The van der Waals surface area contributed by atoms with Crippen LogP contribution in [-0.2, 0) is 16.2 Å². The summed E-state index contributed by atoms with van der Waals surface area (Å²) in [6, 6.07) is 16.6. The summed E-state index contributed by atoms with van der Waals surface area (Å²) in [6.45, 7) is 2.76. The number of aliphatic hydroxyl groups excluding tert-OH is 1. The van der Waals surface area contributed by atoms with Gasteiger partial charge < -0.3 is 14.7 Å². The monoisotopic (exact) mass is 451 g/mol. The van der Waals surface area contributed by atoms with E-state index in [-0.39, 0.29) is 37.3 Å². The summed E-state index contributed by atoms with van der Waals surface area (Å²) in [5, 5.41) is 8.97. The van der Waals surface area contributed by atoms with Crippen molar-refractivity contribution >= 4 is 17.7 Å². The summed E-state index contributed by atoms with van der Waals surface area (Å²) in [5.41, 5.74) is 1.67. The van der Waals surface area contributed by atoms with Crippen LogP contribution in [0.1, 0.15) is 28.8 Å². The maximum atomic E-state index is 12.9. The zero-order valence-corrected chi connectivity index (χ0v) is 18.6. The van der Waals surface area contributed by atoms with Crippen molar-refractivity contribution in [3.63, 3.8) is 0 Å². The van der Waals surface area contributed by atoms with Crippen molar-refractivity contribution in [1.82, 2.24) is 14.7 Å². The predicted molar refractivity (Wildman–Crippen MR) is 122 cm³/mol. The number of likely N-dealkylation sites (tertiary alicyclic amines) is 1. The number of benzene rings is 2. The molecule has 2 saturated heterocycles. The van der Waals surface area contributed by atoms with Crippen LogP contribution in [-0.4, -0.2) is 82.9 Å². The van der Waals surface area contributed by atoms with E-state index < -0.39 is 6.04 Å². The fourth-order valence-corrected chi connectivity index (χ4v) is 4.27. The molecule has 3 amide bonds. The van der Waals surface area contributed by atoms with Gasteiger partial charge in [0.15, 0.2) is 0 Å². The Morgan fingerprint density at radius 3 is 2.33 bits per heavy atom. The van der Waals surface area contributed by atoms with Crippen LogP contribution in [0.5, 0.6) is 5.75 Å². The van der Waals surface area contributed by atoms with Gasteiger partial charge in [-0.15, -0.1) is 0 Å². The van der Waals surface area contributed by atoms with E-state index >= 15 is 0 Å². The maximum absolute atomic E-state index is 12.9.